The van der Waals surface area contributed by atoms with Gasteiger partial charge in [0.15, 0.2) is 5.60 Å². The number of quaternary nitrogens is 1. The maximum atomic E-state index is 12.8. The molecule has 1 unspecified atom stereocenters. The lowest BCUT2D eigenvalue weighted by atomic mass is 9.71. The van der Waals surface area contributed by atoms with Gasteiger partial charge in [-0.05, 0) is 61.1 Å². The fourth-order valence-electron chi connectivity index (χ4n) is 6.57. The Morgan fingerprint density at radius 3 is 2.60 bits per heavy atom. The van der Waals surface area contributed by atoms with Crippen molar-refractivity contribution in [2.24, 2.45) is 11.7 Å². The van der Waals surface area contributed by atoms with Crippen LogP contribution in [0, 0.1) is 12.8 Å². The van der Waals surface area contributed by atoms with Gasteiger partial charge in [0.05, 0.1) is 14.1 Å². The summed E-state index contributed by atoms with van der Waals surface area (Å²) in [5.41, 5.74) is 7.34. The van der Waals surface area contributed by atoms with E-state index in [0.717, 1.165) is 59.7 Å². The highest BCUT2D eigenvalue weighted by Gasteiger charge is 2.54. The minimum atomic E-state index is -1.61. The van der Waals surface area contributed by atoms with E-state index in [2.05, 4.69) is 29.2 Å². The molecule has 3 N–H and O–H groups in total. The number of benzene rings is 2. The summed E-state index contributed by atoms with van der Waals surface area (Å²) < 4.78 is 11.8. The molecule has 4 aromatic rings. The normalized spacial score (nSPS) is 20.8. The van der Waals surface area contributed by atoms with Crippen molar-refractivity contribution < 1.29 is 23.6 Å². The number of carbonyl (C=O) groups excluding carboxylic acids is 1. The predicted molar refractivity (Wildman–Crippen MR) is 166 cm³/mol. The van der Waals surface area contributed by atoms with E-state index in [9.17, 15) is 9.90 Å². The fraction of sp³-hybridized carbons (Fsp3) is 0.471. The Kier molecular flexibility index (Phi) is 9.13. The van der Waals surface area contributed by atoms with Crippen LogP contribution in [0.3, 0.4) is 0 Å². The molecule has 2 aromatic heterocycles. The van der Waals surface area contributed by atoms with Crippen molar-refractivity contribution in [1.82, 2.24) is 15.1 Å². The number of primary amides is 1. The number of aryl methyl sites for hydroxylation is 2. The number of rotatable bonds is 12. The second kappa shape index (κ2) is 12.8. The topological polar surface area (TPSA) is 124 Å². The van der Waals surface area contributed by atoms with E-state index >= 15 is 0 Å². The maximum absolute atomic E-state index is 12.8. The third-order valence-corrected chi connectivity index (χ3v) is 8.99. The highest BCUT2D eigenvalue weighted by Crippen LogP contribution is 2.39. The van der Waals surface area contributed by atoms with Gasteiger partial charge in [-0.15, -0.1) is 0 Å². The van der Waals surface area contributed by atoms with E-state index in [1.165, 1.54) is 0 Å². The van der Waals surface area contributed by atoms with Crippen LogP contribution in [0.15, 0.2) is 59.1 Å². The molecule has 0 spiro atoms. The summed E-state index contributed by atoms with van der Waals surface area (Å²) >= 11 is 0. The van der Waals surface area contributed by atoms with Crippen LogP contribution in [0.1, 0.15) is 56.2 Å². The molecule has 5 rings (SSSR count). The summed E-state index contributed by atoms with van der Waals surface area (Å²) in [4.78, 5) is 21.9. The molecular weight excluding hydrogens is 542 g/mol. The lowest BCUT2D eigenvalue weighted by Crippen LogP contribution is -2.68. The second-order valence-electron chi connectivity index (χ2n) is 12.6. The molecule has 0 saturated heterocycles. The number of aliphatic hydroxyl groups is 1. The zero-order valence-corrected chi connectivity index (χ0v) is 25.8. The average molecular weight is 587 g/mol. The van der Waals surface area contributed by atoms with Crippen LogP contribution in [0.25, 0.3) is 22.2 Å². The molecular formula is C34H44N5O4+. The number of unbranched alkanes of at least 4 members (excludes halogenated alkanes) is 1. The van der Waals surface area contributed by atoms with Gasteiger partial charge in [0.2, 0.25) is 17.6 Å². The predicted octanol–water partition coefficient (Wildman–Crippen LogP) is 5.02. The maximum Gasteiger partial charge on any atom is 0.255 e. The molecule has 43 heavy (non-hydrogen) atoms. The SMILES string of the molecule is CCCCc1cc2ccccc2c(OCC[N+](C)(C)[C@H]2CCC(Cc3ccc(-c4noc(C)n4)cc3)C[C@@]2(O)C(N)=O)n1. The summed E-state index contributed by atoms with van der Waals surface area (Å²) in [5, 5.41) is 17.9. The Bertz CT molecular complexity index is 1550. The van der Waals surface area contributed by atoms with E-state index in [1.807, 2.05) is 56.6 Å². The number of nitrogens with two attached hydrogens (primary N) is 1. The molecule has 3 atom stereocenters. The molecule has 1 aliphatic rings. The highest BCUT2D eigenvalue weighted by molar-refractivity contribution is 5.87. The van der Waals surface area contributed by atoms with Crippen molar-refractivity contribution in [3.63, 3.8) is 0 Å². The first-order valence-corrected chi connectivity index (χ1v) is 15.3. The number of nitrogens with zero attached hydrogens (tertiary/aromatic N) is 4. The molecule has 9 nitrogen and oxygen atoms in total. The molecule has 1 saturated carbocycles. The highest BCUT2D eigenvalue weighted by atomic mass is 16.5. The van der Waals surface area contributed by atoms with E-state index in [0.29, 0.717) is 48.1 Å². The summed E-state index contributed by atoms with van der Waals surface area (Å²) in [5.74, 6) is 1.19. The quantitative estimate of drug-likeness (QED) is 0.223. The molecule has 9 heteroatoms. The number of carbonyl (C=O) groups is 1. The van der Waals surface area contributed by atoms with Crippen molar-refractivity contribution >= 4 is 16.7 Å². The van der Waals surface area contributed by atoms with Gasteiger partial charge in [-0.2, -0.15) is 4.98 Å². The van der Waals surface area contributed by atoms with E-state index in [-0.39, 0.29) is 12.0 Å². The summed E-state index contributed by atoms with van der Waals surface area (Å²) in [7, 11) is 4.09. The van der Waals surface area contributed by atoms with E-state index in [1.54, 1.807) is 6.92 Å². The number of fused-ring (bicyclic) bond motifs is 1. The number of hydrogen-bond acceptors (Lipinski definition) is 7. The molecule has 2 heterocycles. The van der Waals surface area contributed by atoms with Crippen LogP contribution in [-0.2, 0) is 17.6 Å². The molecule has 0 aliphatic heterocycles. The van der Waals surface area contributed by atoms with Gasteiger partial charge < -0.3 is 24.6 Å². The van der Waals surface area contributed by atoms with Gasteiger partial charge in [0, 0.05) is 30.0 Å². The van der Waals surface area contributed by atoms with Gasteiger partial charge in [-0.1, -0.05) is 61.0 Å². The van der Waals surface area contributed by atoms with Gasteiger partial charge in [0.1, 0.15) is 19.2 Å². The molecule has 1 fully saturated rings. The Labute approximate surface area is 253 Å². The van der Waals surface area contributed by atoms with Crippen molar-refractivity contribution in [3.8, 4) is 17.3 Å². The molecule has 228 valence electrons. The van der Waals surface area contributed by atoms with Crippen LogP contribution in [0.5, 0.6) is 5.88 Å². The molecule has 2 aromatic carbocycles. The van der Waals surface area contributed by atoms with Gasteiger partial charge >= 0.3 is 0 Å². The van der Waals surface area contributed by atoms with Crippen LogP contribution in [-0.4, -0.2) is 69.5 Å². The average Bonchev–Trinajstić information content (AvgIpc) is 3.42. The Balaban J connectivity index is 1.24. The zero-order chi connectivity index (χ0) is 30.6. The third kappa shape index (κ3) is 6.89. The van der Waals surface area contributed by atoms with Crippen LogP contribution in [0.2, 0.25) is 0 Å². The number of amides is 1. The van der Waals surface area contributed by atoms with Crippen LogP contribution >= 0.6 is 0 Å². The first-order chi connectivity index (χ1) is 20.6. The smallest absolute Gasteiger partial charge is 0.255 e. The van der Waals surface area contributed by atoms with Crippen molar-refractivity contribution in [3.05, 3.63) is 71.7 Å². The summed E-state index contributed by atoms with van der Waals surface area (Å²) in [6.45, 7) is 4.94. The zero-order valence-electron chi connectivity index (χ0n) is 25.8. The Morgan fingerprint density at radius 1 is 1.14 bits per heavy atom. The van der Waals surface area contributed by atoms with Crippen molar-refractivity contribution in [1.29, 1.82) is 0 Å². The summed E-state index contributed by atoms with van der Waals surface area (Å²) in [6.07, 6.45) is 5.75. The van der Waals surface area contributed by atoms with Gasteiger partial charge in [0.25, 0.3) is 5.91 Å². The first kappa shape index (κ1) is 30.6. The standard InChI is InChI=1S/C34H43N5O4/c1-5-6-10-28-21-27-9-7-8-11-29(27)32(37-28)42-19-18-39(3,4)30-17-14-25(22-34(30,41)33(35)40)20-24-12-15-26(16-13-24)31-36-23(2)43-38-31/h7-9,11-13,15-16,21,25,30,41H,5-6,10,14,17-20,22H2,1-4H3,(H-,35,40)/p+1/t25?,30-,34-/m0/s1. The Morgan fingerprint density at radius 2 is 1.91 bits per heavy atom. The van der Waals surface area contributed by atoms with Crippen LogP contribution in [0.4, 0.5) is 0 Å². The number of hydrogen-bond donors (Lipinski definition) is 2. The summed E-state index contributed by atoms with van der Waals surface area (Å²) in [6, 6.07) is 18.0. The monoisotopic (exact) mass is 586 g/mol. The number of ether oxygens (including phenoxy) is 1. The van der Waals surface area contributed by atoms with E-state index in [4.69, 9.17) is 20.0 Å². The molecule has 0 radical (unpaired) electrons. The minimum Gasteiger partial charge on any atom is -0.471 e. The minimum absolute atomic E-state index is 0.129. The number of likely N-dealkylation sites (N-methyl/N-ethyl adjacent to an activating group) is 1. The molecule has 1 aliphatic carbocycles. The fourth-order valence-corrected chi connectivity index (χ4v) is 6.57. The van der Waals surface area contributed by atoms with Gasteiger partial charge in [-0.3, -0.25) is 4.79 Å². The second-order valence-corrected chi connectivity index (χ2v) is 12.6. The van der Waals surface area contributed by atoms with E-state index < -0.39 is 11.5 Å². The van der Waals surface area contributed by atoms with Gasteiger partial charge in [-0.25, -0.2) is 4.98 Å². The molecule has 0 bridgehead atoms. The molecule has 1 amide bonds. The number of pyridine rings is 1. The number of aromatic nitrogens is 3. The van der Waals surface area contributed by atoms with Crippen molar-refractivity contribution in [2.45, 2.75) is 70.4 Å². The Hall–Kier alpha value is -3.82. The third-order valence-electron chi connectivity index (χ3n) is 8.99. The van der Waals surface area contributed by atoms with Crippen molar-refractivity contribution in [2.75, 3.05) is 27.2 Å². The first-order valence-electron chi connectivity index (χ1n) is 15.3. The van der Waals surface area contributed by atoms with Crippen LogP contribution < -0.4 is 10.5 Å². The largest absolute Gasteiger partial charge is 0.471 e. The lowest BCUT2D eigenvalue weighted by Gasteiger charge is -2.49. The lowest BCUT2D eigenvalue weighted by molar-refractivity contribution is -0.922.